The van der Waals surface area contributed by atoms with E-state index >= 15 is 0 Å². The van der Waals surface area contributed by atoms with Gasteiger partial charge < -0.3 is 5.32 Å². The highest BCUT2D eigenvalue weighted by atomic mass is 15.0. The van der Waals surface area contributed by atoms with Gasteiger partial charge in [0.1, 0.15) is 0 Å². The second kappa shape index (κ2) is 6.50. The smallest absolute Gasteiger partial charge is 0.0444 e. The van der Waals surface area contributed by atoms with Crippen LogP contribution in [0.25, 0.3) is 0 Å². The molecule has 3 aromatic carbocycles. The van der Waals surface area contributed by atoms with Crippen LogP contribution in [0.15, 0.2) is 91.0 Å². The first-order valence-corrected chi connectivity index (χ1v) is 9.21. The first kappa shape index (κ1) is 16.1. The van der Waals surface area contributed by atoms with Gasteiger partial charge >= 0.3 is 0 Å². The zero-order valence-electron chi connectivity index (χ0n) is 14.8. The zero-order valence-corrected chi connectivity index (χ0v) is 14.8. The van der Waals surface area contributed by atoms with Gasteiger partial charge in [0.15, 0.2) is 0 Å². The predicted octanol–water partition coefficient (Wildman–Crippen LogP) is 5.27. The average Bonchev–Trinajstić information content (AvgIpc) is 3.13. The lowest BCUT2D eigenvalue weighted by molar-refractivity contribution is 0.361. The molecule has 1 heterocycles. The van der Waals surface area contributed by atoms with Crippen molar-refractivity contribution in [3.05, 3.63) is 108 Å². The van der Waals surface area contributed by atoms with E-state index in [-0.39, 0.29) is 11.0 Å². The summed E-state index contributed by atoms with van der Waals surface area (Å²) in [6, 6.07) is 32.9. The molecule has 1 atom stereocenters. The lowest BCUT2D eigenvalue weighted by atomic mass is 9.69. The maximum Gasteiger partial charge on any atom is 0.0444 e. The second-order valence-corrected chi connectivity index (χ2v) is 7.15. The normalized spacial score (nSPS) is 22.0. The van der Waals surface area contributed by atoms with Crippen molar-refractivity contribution >= 4 is 0 Å². The highest BCUT2D eigenvalue weighted by Gasteiger charge is 2.49. The number of hydrogen-bond acceptors (Lipinski definition) is 1. The van der Waals surface area contributed by atoms with Crippen molar-refractivity contribution < 1.29 is 0 Å². The average molecular weight is 327 g/mol. The Bertz CT molecular complexity index is 771. The molecule has 0 spiro atoms. The largest absolute Gasteiger partial charge is 0.306 e. The Balaban J connectivity index is 1.85. The van der Waals surface area contributed by atoms with Gasteiger partial charge in [-0.1, -0.05) is 97.9 Å². The minimum Gasteiger partial charge on any atom is -0.306 e. The van der Waals surface area contributed by atoms with Gasteiger partial charge in [0.25, 0.3) is 0 Å². The van der Waals surface area contributed by atoms with Crippen LogP contribution >= 0.6 is 0 Å². The van der Waals surface area contributed by atoms with Gasteiger partial charge in [-0.05, 0) is 29.5 Å². The molecular formula is C24H25N. The van der Waals surface area contributed by atoms with Gasteiger partial charge in [-0.15, -0.1) is 0 Å². The molecule has 0 amide bonds. The van der Waals surface area contributed by atoms with E-state index in [1.165, 1.54) is 16.7 Å². The third-order valence-corrected chi connectivity index (χ3v) is 5.91. The molecule has 1 unspecified atom stereocenters. The molecule has 1 N–H and O–H groups in total. The van der Waals surface area contributed by atoms with Crippen molar-refractivity contribution in [3.8, 4) is 0 Å². The van der Waals surface area contributed by atoms with Crippen LogP contribution in [0.3, 0.4) is 0 Å². The van der Waals surface area contributed by atoms with E-state index in [4.69, 9.17) is 0 Å². The van der Waals surface area contributed by atoms with Crippen molar-refractivity contribution in [2.45, 2.75) is 30.7 Å². The summed E-state index contributed by atoms with van der Waals surface area (Å²) in [4.78, 5) is 0. The number of nitrogens with one attached hydrogen (secondary N) is 1. The van der Waals surface area contributed by atoms with Gasteiger partial charge in [0.05, 0.1) is 0 Å². The van der Waals surface area contributed by atoms with E-state index in [0.29, 0.717) is 0 Å². The predicted molar refractivity (Wildman–Crippen MR) is 105 cm³/mol. The summed E-state index contributed by atoms with van der Waals surface area (Å²) in [5, 5.41) is 3.92. The topological polar surface area (TPSA) is 12.0 Å². The van der Waals surface area contributed by atoms with E-state index in [1.54, 1.807) is 0 Å². The Labute approximate surface area is 150 Å². The second-order valence-electron chi connectivity index (χ2n) is 7.15. The summed E-state index contributed by atoms with van der Waals surface area (Å²) in [5.41, 5.74) is 4.23. The minimum atomic E-state index is 0.00830. The number of hydrogen-bond donors (Lipinski definition) is 1. The van der Waals surface area contributed by atoms with Gasteiger partial charge in [-0.2, -0.15) is 0 Å². The van der Waals surface area contributed by atoms with Crippen LogP contribution in [-0.2, 0) is 11.0 Å². The molecule has 25 heavy (non-hydrogen) atoms. The molecule has 1 nitrogen and oxygen atoms in total. The third-order valence-electron chi connectivity index (χ3n) is 5.91. The minimum absolute atomic E-state index is 0.00830. The molecule has 0 radical (unpaired) electrons. The first-order chi connectivity index (χ1) is 12.3. The SMILES string of the molecule is CCC1(c2ccccc2)CC(c2ccccc2)(c2ccccc2)CN1. The monoisotopic (exact) mass is 327 g/mol. The first-order valence-electron chi connectivity index (χ1n) is 9.21. The molecule has 0 saturated carbocycles. The van der Waals surface area contributed by atoms with E-state index in [2.05, 4.69) is 103 Å². The summed E-state index contributed by atoms with van der Waals surface area (Å²) < 4.78 is 0. The fourth-order valence-corrected chi connectivity index (χ4v) is 4.46. The van der Waals surface area contributed by atoms with Crippen LogP contribution in [0.2, 0.25) is 0 Å². The highest BCUT2D eigenvalue weighted by Crippen LogP contribution is 2.48. The van der Waals surface area contributed by atoms with Crippen LogP contribution in [-0.4, -0.2) is 6.54 Å². The molecule has 1 fully saturated rings. The maximum absolute atomic E-state index is 3.92. The fraction of sp³-hybridized carbons (Fsp3) is 0.250. The van der Waals surface area contributed by atoms with Crippen molar-refractivity contribution in [2.75, 3.05) is 6.54 Å². The van der Waals surface area contributed by atoms with Crippen molar-refractivity contribution in [1.82, 2.24) is 5.32 Å². The quantitative estimate of drug-likeness (QED) is 0.688. The maximum atomic E-state index is 3.92. The van der Waals surface area contributed by atoms with Crippen LogP contribution in [0, 0.1) is 0 Å². The molecule has 1 aliphatic heterocycles. The van der Waals surface area contributed by atoms with Gasteiger partial charge in [0.2, 0.25) is 0 Å². The molecule has 4 rings (SSSR count). The summed E-state index contributed by atoms with van der Waals surface area (Å²) in [7, 11) is 0. The standard InChI is InChI=1S/C24H25N/c1-2-24(22-16-10-5-11-17-22)18-23(19-25-24,20-12-6-3-7-13-20)21-14-8-4-9-15-21/h3-17,25H,2,18-19H2,1H3. The van der Waals surface area contributed by atoms with Crippen molar-refractivity contribution in [3.63, 3.8) is 0 Å². The molecule has 1 saturated heterocycles. The van der Waals surface area contributed by atoms with Gasteiger partial charge in [0, 0.05) is 17.5 Å². The lowest BCUT2D eigenvalue weighted by Crippen LogP contribution is -2.35. The summed E-state index contributed by atoms with van der Waals surface area (Å²) >= 11 is 0. The molecule has 1 heteroatoms. The van der Waals surface area contributed by atoms with E-state index in [9.17, 15) is 0 Å². The van der Waals surface area contributed by atoms with E-state index in [0.717, 1.165) is 19.4 Å². The van der Waals surface area contributed by atoms with Gasteiger partial charge in [-0.25, -0.2) is 0 Å². The van der Waals surface area contributed by atoms with Crippen LogP contribution in [0.5, 0.6) is 0 Å². The molecule has 0 aliphatic carbocycles. The lowest BCUT2D eigenvalue weighted by Gasteiger charge is -2.34. The van der Waals surface area contributed by atoms with E-state index in [1.807, 2.05) is 0 Å². The Morgan fingerprint density at radius 3 is 1.56 bits per heavy atom. The summed E-state index contributed by atoms with van der Waals surface area (Å²) in [5.74, 6) is 0. The fourth-order valence-electron chi connectivity index (χ4n) is 4.46. The third kappa shape index (κ3) is 2.69. The number of benzene rings is 3. The molecular weight excluding hydrogens is 302 g/mol. The van der Waals surface area contributed by atoms with E-state index < -0.39 is 0 Å². The molecule has 3 aromatic rings. The Morgan fingerprint density at radius 1 is 0.680 bits per heavy atom. The van der Waals surface area contributed by atoms with Crippen LogP contribution in [0.1, 0.15) is 36.5 Å². The highest BCUT2D eigenvalue weighted by molar-refractivity contribution is 5.44. The van der Waals surface area contributed by atoms with Crippen molar-refractivity contribution in [1.29, 1.82) is 0 Å². The van der Waals surface area contributed by atoms with Crippen LogP contribution < -0.4 is 5.32 Å². The zero-order chi connectivity index (χ0) is 17.2. The molecule has 126 valence electrons. The molecule has 1 aliphatic rings. The van der Waals surface area contributed by atoms with Gasteiger partial charge in [-0.3, -0.25) is 0 Å². The number of rotatable bonds is 4. The Morgan fingerprint density at radius 2 is 1.12 bits per heavy atom. The van der Waals surface area contributed by atoms with Crippen LogP contribution in [0.4, 0.5) is 0 Å². The van der Waals surface area contributed by atoms with Crippen molar-refractivity contribution in [2.24, 2.45) is 0 Å². The Hall–Kier alpha value is -2.38. The summed E-state index contributed by atoms with van der Waals surface area (Å²) in [6.45, 7) is 3.26. The molecule has 0 bridgehead atoms. The molecule has 0 aromatic heterocycles. The Kier molecular flexibility index (Phi) is 4.19. The summed E-state index contributed by atoms with van der Waals surface area (Å²) in [6.07, 6.45) is 2.16.